The summed E-state index contributed by atoms with van der Waals surface area (Å²) < 4.78 is 0. The first-order valence-electron chi connectivity index (χ1n) is 4.44. The van der Waals surface area contributed by atoms with Crippen molar-refractivity contribution in [2.24, 2.45) is 21.5 Å². The third-order valence-electron chi connectivity index (χ3n) is 1.98. The monoisotopic (exact) mass is 212 g/mol. The zero-order valence-electron chi connectivity index (χ0n) is 9.35. The predicted octanol–water partition coefficient (Wildman–Crippen LogP) is 1.06. The lowest BCUT2D eigenvalue weighted by Gasteiger charge is -2.24. The first-order chi connectivity index (χ1) is 6.82. The number of nitriles is 1. The molecule has 0 aliphatic heterocycles. The van der Waals surface area contributed by atoms with Crippen LogP contribution in [0.3, 0.4) is 0 Å². The molecular formula is C9H16N4O2. The van der Waals surface area contributed by atoms with Crippen molar-refractivity contribution in [3.63, 3.8) is 0 Å². The highest BCUT2D eigenvalue weighted by Gasteiger charge is 2.22. The number of rotatable bonds is 3. The van der Waals surface area contributed by atoms with E-state index >= 15 is 0 Å². The van der Waals surface area contributed by atoms with Crippen LogP contribution >= 0.6 is 0 Å². The molecule has 0 aliphatic carbocycles. The lowest BCUT2D eigenvalue weighted by molar-refractivity contribution is -0.000980. The number of amidine groups is 1. The van der Waals surface area contributed by atoms with Crippen molar-refractivity contribution < 1.29 is 10.0 Å². The van der Waals surface area contributed by atoms with E-state index in [4.69, 9.17) is 21.0 Å². The molecule has 0 radical (unpaired) electrons. The van der Waals surface area contributed by atoms with Crippen LogP contribution in [0.2, 0.25) is 0 Å². The molecule has 15 heavy (non-hydrogen) atoms. The third kappa shape index (κ3) is 4.31. The van der Waals surface area contributed by atoms with Crippen LogP contribution in [0.1, 0.15) is 27.7 Å². The maximum absolute atomic E-state index is 8.61. The van der Waals surface area contributed by atoms with Crippen LogP contribution in [-0.2, 0) is 4.84 Å². The highest BCUT2D eigenvalue weighted by Crippen LogP contribution is 2.21. The molecule has 0 aliphatic rings. The Morgan fingerprint density at radius 2 is 2.07 bits per heavy atom. The van der Waals surface area contributed by atoms with E-state index in [1.54, 1.807) is 6.07 Å². The molecule has 6 heteroatoms. The van der Waals surface area contributed by atoms with Gasteiger partial charge in [0.15, 0.2) is 0 Å². The summed E-state index contributed by atoms with van der Waals surface area (Å²) in [5, 5.41) is 23.1. The second-order valence-electron chi connectivity index (χ2n) is 4.15. The number of nitrogens with zero attached hydrogens (tertiary/aromatic N) is 3. The van der Waals surface area contributed by atoms with Crippen molar-refractivity contribution in [2.45, 2.75) is 33.8 Å². The van der Waals surface area contributed by atoms with Crippen LogP contribution in [0, 0.1) is 16.7 Å². The minimum Gasteiger partial charge on any atom is -0.409 e. The van der Waals surface area contributed by atoms with Gasteiger partial charge in [-0.1, -0.05) is 31.1 Å². The lowest BCUT2D eigenvalue weighted by atomic mass is 9.90. The Bertz CT molecular complexity index is 309. The molecule has 0 saturated carbocycles. The molecule has 0 amide bonds. The number of hydrogen-bond donors (Lipinski definition) is 2. The van der Waals surface area contributed by atoms with Crippen molar-refractivity contribution in [1.82, 2.24) is 0 Å². The van der Waals surface area contributed by atoms with Gasteiger partial charge in [0, 0.05) is 5.41 Å². The minimum absolute atomic E-state index is 0.102. The first-order valence-corrected chi connectivity index (χ1v) is 4.44. The molecule has 0 spiro atoms. The summed E-state index contributed by atoms with van der Waals surface area (Å²) in [7, 11) is 0. The van der Waals surface area contributed by atoms with Crippen LogP contribution in [0.15, 0.2) is 10.3 Å². The second-order valence-corrected chi connectivity index (χ2v) is 4.15. The van der Waals surface area contributed by atoms with Gasteiger partial charge in [-0.3, -0.25) is 0 Å². The molecule has 0 fully saturated rings. The average Bonchev–Trinajstić information content (AvgIpc) is 2.16. The minimum atomic E-state index is -0.362. The van der Waals surface area contributed by atoms with Crippen LogP contribution in [0.5, 0.6) is 0 Å². The molecule has 1 unspecified atom stereocenters. The van der Waals surface area contributed by atoms with Gasteiger partial charge < -0.3 is 15.8 Å². The van der Waals surface area contributed by atoms with Gasteiger partial charge in [0.25, 0.3) is 0 Å². The topological polar surface area (TPSA) is 104 Å². The van der Waals surface area contributed by atoms with Gasteiger partial charge >= 0.3 is 0 Å². The Labute approximate surface area is 89.0 Å². The van der Waals surface area contributed by atoms with Crippen LogP contribution in [-0.4, -0.2) is 22.9 Å². The lowest BCUT2D eigenvalue weighted by Crippen LogP contribution is -2.27. The van der Waals surface area contributed by atoms with Gasteiger partial charge in [-0.25, -0.2) is 0 Å². The van der Waals surface area contributed by atoms with Gasteiger partial charge in [-0.15, -0.1) is 0 Å². The smallest absolute Gasteiger partial charge is 0.224 e. The van der Waals surface area contributed by atoms with E-state index in [0.29, 0.717) is 0 Å². The molecular weight excluding hydrogens is 196 g/mol. The second kappa shape index (κ2) is 5.20. The Kier molecular flexibility index (Phi) is 4.58. The maximum atomic E-state index is 8.61. The highest BCUT2D eigenvalue weighted by molar-refractivity contribution is 6.46. The van der Waals surface area contributed by atoms with E-state index in [9.17, 15) is 0 Å². The van der Waals surface area contributed by atoms with Crippen molar-refractivity contribution in [1.29, 1.82) is 5.26 Å². The van der Waals surface area contributed by atoms with Gasteiger partial charge in [0.05, 0.1) is 0 Å². The molecule has 0 aromatic carbocycles. The fourth-order valence-electron chi connectivity index (χ4n) is 0.462. The van der Waals surface area contributed by atoms with Gasteiger partial charge in [-0.05, 0) is 6.92 Å². The largest absolute Gasteiger partial charge is 0.409 e. The quantitative estimate of drug-likeness (QED) is 0.316. The summed E-state index contributed by atoms with van der Waals surface area (Å²) >= 11 is 0. The predicted molar refractivity (Wildman–Crippen MR) is 56.5 cm³/mol. The summed E-state index contributed by atoms with van der Waals surface area (Å²) in [6.45, 7) is 7.75. The molecule has 0 rings (SSSR count). The Morgan fingerprint density at radius 3 is 2.40 bits per heavy atom. The summed E-state index contributed by atoms with van der Waals surface area (Å²) in [4.78, 5) is 5.08. The third-order valence-corrected chi connectivity index (χ3v) is 1.98. The summed E-state index contributed by atoms with van der Waals surface area (Å²) in [6.07, 6.45) is -0.188. The van der Waals surface area contributed by atoms with Crippen LogP contribution < -0.4 is 5.73 Å². The Morgan fingerprint density at radius 1 is 1.53 bits per heavy atom. The Balaban J connectivity index is 4.59. The SMILES string of the molecule is CC(O/N=C(C#N)/C(N)=N\O)C(C)(C)C. The summed E-state index contributed by atoms with van der Waals surface area (Å²) in [5.41, 5.74) is 4.85. The zero-order chi connectivity index (χ0) is 12.1. The first kappa shape index (κ1) is 13.2. The maximum Gasteiger partial charge on any atom is 0.224 e. The molecule has 84 valence electrons. The highest BCUT2D eigenvalue weighted by atomic mass is 16.6. The number of nitrogens with two attached hydrogens (primary N) is 1. The van der Waals surface area contributed by atoms with Crippen LogP contribution in [0.25, 0.3) is 0 Å². The van der Waals surface area contributed by atoms with E-state index in [1.807, 2.05) is 27.7 Å². The van der Waals surface area contributed by atoms with E-state index in [1.165, 1.54) is 0 Å². The molecule has 6 nitrogen and oxygen atoms in total. The van der Waals surface area contributed by atoms with Crippen molar-refractivity contribution >= 4 is 11.5 Å². The van der Waals surface area contributed by atoms with Gasteiger partial charge in [0.2, 0.25) is 11.5 Å². The molecule has 0 heterocycles. The van der Waals surface area contributed by atoms with E-state index < -0.39 is 0 Å². The molecule has 3 N–H and O–H groups in total. The summed E-state index contributed by atoms with van der Waals surface area (Å²) in [6, 6.07) is 1.67. The zero-order valence-corrected chi connectivity index (χ0v) is 9.35. The Hall–Kier alpha value is -1.77. The normalized spacial score (nSPS) is 15.7. The molecule has 1 atom stereocenters. The van der Waals surface area contributed by atoms with E-state index in [0.717, 1.165) is 0 Å². The number of oxime groups is 2. The van der Waals surface area contributed by atoms with Crippen molar-refractivity contribution in [2.75, 3.05) is 0 Å². The molecule has 0 aromatic rings. The molecule has 0 aromatic heterocycles. The van der Waals surface area contributed by atoms with Crippen molar-refractivity contribution in [3.8, 4) is 6.07 Å². The van der Waals surface area contributed by atoms with Gasteiger partial charge in [0.1, 0.15) is 12.2 Å². The fourth-order valence-corrected chi connectivity index (χ4v) is 0.462. The fraction of sp³-hybridized carbons (Fsp3) is 0.667. The average molecular weight is 212 g/mol. The summed E-state index contributed by atoms with van der Waals surface area (Å²) in [5.74, 6) is -0.362. The van der Waals surface area contributed by atoms with E-state index in [-0.39, 0.29) is 23.1 Å². The molecule has 0 bridgehead atoms. The van der Waals surface area contributed by atoms with Crippen molar-refractivity contribution in [3.05, 3.63) is 0 Å². The van der Waals surface area contributed by atoms with E-state index in [2.05, 4.69) is 10.3 Å². The van der Waals surface area contributed by atoms with Crippen LogP contribution in [0.4, 0.5) is 0 Å². The van der Waals surface area contributed by atoms with Gasteiger partial charge in [-0.2, -0.15) is 5.26 Å². The molecule has 0 saturated heterocycles. The number of hydrogen-bond acceptors (Lipinski definition) is 5. The standard InChI is InChI=1S/C9H16N4O2/c1-6(9(2,3)4)15-13-7(5-10)8(11)12-14/h6,14H,1-4H3,(H2,11,12)/b13-7+.